The summed E-state index contributed by atoms with van der Waals surface area (Å²) in [6, 6.07) is 8.18. The number of benzene rings is 1. The first-order chi connectivity index (χ1) is 11.9. The largest absolute Gasteiger partial charge is 0.444 e. The van der Waals surface area contributed by atoms with Crippen LogP contribution in [-0.2, 0) is 6.42 Å². The lowest BCUT2D eigenvalue weighted by Crippen LogP contribution is -2.43. The van der Waals surface area contributed by atoms with Crippen molar-refractivity contribution in [2.24, 2.45) is 4.99 Å². The first-order valence-corrected chi connectivity index (χ1v) is 9.67. The minimum absolute atomic E-state index is 0. The van der Waals surface area contributed by atoms with E-state index in [2.05, 4.69) is 59.8 Å². The topological polar surface area (TPSA) is 62.5 Å². The highest BCUT2D eigenvalue weighted by Crippen LogP contribution is 2.20. The van der Waals surface area contributed by atoms with Crippen LogP contribution >= 0.6 is 35.7 Å². The summed E-state index contributed by atoms with van der Waals surface area (Å²) in [5, 5.41) is 6.68. The van der Waals surface area contributed by atoms with Gasteiger partial charge in [0.2, 0.25) is 5.89 Å². The monoisotopic (exact) mass is 488 g/mol. The van der Waals surface area contributed by atoms with Crippen LogP contribution in [0.4, 0.5) is 0 Å². The molecule has 2 aromatic rings. The van der Waals surface area contributed by atoms with Crippen molar-refractivity contribution in [1.29, 1.82) is 0 Å². The third kappa shape index (κ3) is 7.19. The van der Waals surface area contributed by atoms with E-state index in [9.17, 15) is 0 Å². The van der Waals surface area contributed by atoms with Gasteiger partial charge in [-0.25, -0.2) is 4.98 Å². The molecule has 2 rings (SSSR count). The van der Waals surface area contributed by atoms with Crippen molar-refractivity contribution in [1.82, 2.24) is 15.6 Å². The number of halogens is 1. The van der Waals surface area contributed by atoms with Crippen LogP contribution in [0, 0.1) is 6.92 Å². The molecule has 0 unspecified atom stereocenters. The number of rotatable bonds is 7. The maximum atomic E-state index is 5.59. The second-order valence-corrected chi connectivity index (χ2v) is 8.09. The van der Waals surface area contributed by atoms with Crippen molar-refractivity contribution >= 4 is 41.7 Å². The minimum Gasteiger partial charge on any atom is -0.444 e. The van der Waals surface area contributed by atoms with E-state index < -0.39 is 0 Å². The maximum absolute atomic E-state index is 5.59. The van der Waals surface area contributed by atoms with Gasteiger partial charge in [0.05, 0.1) is 5.69 Å². The second kappa shape index (κ2) is 10.8. The van der Waals surface area contributed by atoms with Crippen molar-refractivity contribution in [3.8, 4) is 11.5 Å². The zero-order valence-electron chi connectivity index (χ0n) is 16.1. The number of nitrogens with one attached hydrogen (secondary N) is 2. The number of hydrogen-bond donors (Lipinski definition) is 2. The molecule has 7 heteroatoms. The molecule has 0 saturated heterocycles. The van der Waals surface area contributed by atoms with Crippen molar-refractivity contribution in [3.63, 3.8) is 0 Å². The average Bonchev–Trinajstić information content (AvgIpc) is 3.07. The van der Waals surface area contributed by atoms with Crippen molar-refractivity contribution < 1.29 is 4.42 Å². The summed E-state index contributed by atoms with van der Waals surface area (Å²) in [6.07, 6.45) is 4.62. The zero-order valence-corrected chi connectivity index (χ0v) is 19.3. The Morgan fingerprint density at radius 2 is 1.92 bits per heavy atom. The van der Waals surface area contributed by atoms with E-state index in [1.807, 2.05) is 23.9 Å². The first-order valence-electron chi connectivity index (χ1n) is 8.44. The average molecular weight is 488 g/mol. The minimum atomic E-state index is 0. The number of nitrogens with zero attached hydrogens (tertiary/aromatic N) is 2. The van der Waals surface area contributed by atoms with Gasteiger partial charge in [-0.1, -0.05) is 17.7 Å². The molecule has 0 saturated carbocycles. The van der Waals surface area contributed by atoms with Gasteiger partial charge < -0.3 is 15.1 Å². The number of aromatic nitrogens is 1. The Labute approximate surface area is 177 Å². The Hall–Kier alpha value is -1.22. The highest BCUT2D eigenvalue weighted by molar-refractivity contribution is 14.0. The van der Waals surface area contributed by atoms with Gasteiger partial charge >= 0.3 is 0 Å². The van der Waals surface area contributed by atoms with Crippen LogP contribution < -0.4 is 10.6 Å². The molecule has 144 valence electrons. The molecule has 2 N–H and O–H groups in total. The highest BCUT2D eigenvalue weighted by atomic mass is 127. The van der Waals surface area contributed by atoms with E-state index >= 15 is 0 Å². The Kier molecular flexibility index (Phi) is 9.49. The lowest BCUT2D eigenvalue weighted by Gasteiger charge is -2.23. The fraction of sp³-hybridized carbons (Fsp3) is 0.474. The van der Waals surface area contributed by atoms with Crippen molar-refractivity contribution in [2.45, 2.75) is 31.9 Å². The van der Waals surface area contributed by atoms with E-state index in [0.717, 1.165) is 36.7 Å². The standard InChI is InChI=1S/C19H28N4OS.HI/c1-14-6-8-15(9-7-14)17-23-16(12-24-17)10-11-21-18(20-4)22-13-19(2,3)25-5;/h6-9,12H,10-11,13H2,1-5H3,(H2,20,21,22);1H. The summed E-state index contributed by atoms with van der Waals surface area (Å²) < 4.78 is 5.77. The molecule has 0 bridgehead atoms. The lowest BCUT2D eigenvalue weighted by molar-refractivity contribution is 0.572. The van der Waals surface area contributed by atoms with Crippen LogP contribution in [0.2, 0.25) is 0 Å². The first kappa shape index (κ1) is 22.8. The van der Waals surface area contributed by atoms with Crippen LogP contribution in [0.1, 0.15) is 25.1 Å². The Bertz CT molecular complexity index is 698. The second-order valence-electron chi connectivity index (χ2n) is 6.58. The number of aryl methyl sites for hydroxylation is 1. The van der Waals surface area contributed by atoms with Gasteiger partial charge in [-0.2, -0.15) is 11.8 Å². The molecular formula is C19H29IN4OS. The van der Waals surface area contributed by atoms with E-state index in [4.69, 9.17) is 4.42 Å². The van der Waals surface area contributed by atoms with E-state index in [0.29, 0.717) is 5.89 Å². The van der Waals surface area contributed by atoms with Gasteiger partial charge in [0, 0.05) is 36.9 Å². The van der Waals surface area contributed by atoms with Crippen LogP contribution in [-0.4, -0.2) is 42.1 Å². The van der Waals surface area contributed by atoms with Crippen molar-refractivity contribution in [3.05, 3.63) is 41.8 Å². The van der Waals surface area contributed by atoms with E-state index in [1.165, 1.54) is 5.56 Å². The summed E-state index contributed by atoms with van der Waals surface area (Å²) >= 11 is 1.83. The molecule has 0 aliphatic carbocycles. The summed E-state index contributed by atoms with van der Waals surface area (Å²) in [6.45, 7) is 8.09. The predicted molar refractivity (Wildman–Crippen MR) is 123 cm³/mol. The number of aliphatic imine (C=N–C) groups is 1. The third-order valence-corrected chi connectivity index (χ3v) is 5.23. The van der Waals surface area contributed by atoms with Crippen LogP contribution in [0.15, 0.2) is 39.9 Å². The molecule has 0 amide bonds. The highest BCUT2D eigenvalue weighted by Gasteiger charge is 2.16. The van der Waals surface area contributed by atoms with E-state index in [1.54, 1.807) is 13.3 Å². The molecule has 0 fully saturated rings. The molecular weight excluding hydrogens is 459 g/mol. The lowest BCUT2D eigenvalue weighted by atomic mass is 10.1. The van der Waals surface area contributed by atoms with E-state index in [-0.39, 0.29) is 28.7 Å². The maximum Gasteiger partial charge on any atom is 0.226 e. The summed E-state index contributed by atoms with van der Waals surface area (Å²) in [4.78, 5) is 8.82. The molecule has 5 nitrogen and oxygen atoms in total. The molecule has 0 aliphatic rings. The molecule has 26 heavy (non-hydrogen) atoms. The summed E-state index contributed by atoms with van der Waals surface area (Å²) in [5.41, 5.74) is 3.16. The van der Waals surface area contributed by atoms with Gasteiger partial charge in [-0.15, -0.1) is 24.0 Å². The number of hydrogen-bond acceptors (Lipinski definition) is 4. The fourth-order valence-electron chi connectivity index (χ4n) is 2.15. The van der Waals surface area contributed by atoms with Gasteiger partial charge in [0.1, 0.15) is 6.26 Å². The zero-order chi connectivity index (χ0) is 18.3. The molecule has 0 atom stereocenters. The molecule has 1 aromatic heterocycles. The van der Waals surface area contributed by atoms with Crippen molar-refractivity contribution in [2.75, 3.05) is 26.4 Å². The van der Waals surface area contributed by atoms with Gasteiger partial charge in [0.15, 0.2) is 5.96 Å². The normalized spacial score (nSPS) is 11.8. The molecule has 1 heterocycles. The number of guanidine groups is 1. The molecule has 1 aromatic carbocycles. The SMILES string of the molecule is CN=C(NCCc1coc(-c2ccc(C)cc2)n1)NCC(C)(C)SC.I. The van der Waals surface area contributed by atoms with Crippen LogP contribution in [0.25, 0.3) is 11.5 Å². The Balaban J connectivity index is 0.00000338. The van der Waals surface area contributed by atoms with Gasteiger partial charge in [-0.05, 0) is 39.2 Å². The molecule has 0 aliphatic heterocycles. The summed E-state index contributed by atoms with van der Waals surface area (Å²) in [7, 11) is 1.78. The fourth-order valence-corrected chi connectivity index (χ4v) is 2.37. The number of thioether (sulfide) groups is 1. The van der Waals surface area contributed by atoms with Gasteiger partial charge in [-0.3, -0.25) is 4.99 Å². The smallest absolute Gasteiger partial charge is 0.226 e. The van der Waals surface area contributed by atoms with Gasteiger partial charge in [0.25, 0.3) is 0 Å². The number of oxazole rings is 1. The van der Waals surface area contributed by atoms with Crippen LogP contribution in [0.3, 0.4) is 0 Å². The predicted octanol–water partition coefficient (Wildman–Crippen LogP) is 4.12. The quantitative estimate of drug-likeness (QED) is 0.349. The third-order valence-electron chi connectivity index (χ3n) is 3.98. The van der Waals surface area contributed by atoms with Crippen LogP contribution in [0.5, 0.6) is 0 Å². The molecule has 0 radical (unpaired) electrons. The molecule has 0 spiro atoms. The summed E-state index contributed by atoms with van der Waals surface area (Å²) in [5.74, 6) is 1.48. The Morgan fingerprint density at radius 1 is 1.23 bits per heavy atom. The Morgan fingerprint density at radius 3 is 2.54 bits per heavy atom.